The Kier molecular flexibility index (Phi) is 4.06. The molecule has 6 nitrogen and oxygen atoms in total. The molecule has 6 heteroatoms. The molecule has 1 aliphatic heterocycles. The van der Waals surface area contributed by atoms with E-state index in [-0.39, 0.29) is 6.04 Å². The number of aryl methyl sites for hydroxylation is 1. The molecule has 1 aromatic carbocycles. The number of aromatic nitrogens is 3. The molecule has 1 aliphatic rings. The van der Waals surface area contributed by atoms with Gasteiger partial charge in [0.15, 0.2) is 11.5 Å². The molecule has 0 saturated carbocycles. The molecule has 0 spiro atoms. The van der Waals surface area contributed by atoms with Crippen molar-refractivity contribution in [3.05, 3.63) is 35.9 Å². The number of nitrogens with one attached hydrogen (secondary N) is 1. The quantitative estimate of drug-likeness (QED) is 0.930. The van der Waals surface area contributed by atoms with E-state index in [1.165, 1.54) is 0 Å². The SMILES string of the molecule is CC(NCc1ccc2c(c1)OCCCO2)c1nncn1C. The minimum atomic E-state index is 0.133. The average Bonchev–Trinajstić information content (AvgIpc) is 2.79. The van der Waals surface area contributed by atoms with Gasteiger partial charge in [-0.15, -0.1) is 10.2 Å². The highest BCUT2D eigenvalue weighted by molar-refractivity contribution is 5.43. The Morgan fingerprint density at radius 2 is 2.10 bits per heavy atom. The normalized spacial score (nSPS) is 15.5. The number of fused-ring (bicyclic) bond motifs is 1. The standard InChI is InChI=1S/C15H20N4O2/c1-11(15-18-17-10-19(15)2)16-9-12-4-5-13-14(8-12)21-7-3-6-20-13/h4-5,8,10-11,16H,3,6-7,9H2,1-2H3. The second kappa shape index (κ2) is 6.13. The van der Waals surface area contributed by atoms with Gasteiger partial charge in [-0.05, 0) is 24.6 Å². The summed E-state index contributed by atoms with van der Waals surface area (Å²) in [6.45, 7) is 4.24. The van der Waals surface area contributed by atoms with E-state index in [0.717, 1.165) is 35.9 Å². The third kappa shape index (κ3) is 3.16. The van der Waals surface area contributed by atoms with Crippen LogP contribution in [0.2, 0.25) is 0 Å². The van der Waals surface area contributed by atoms with Gasteiger partial charge in [-0.3, -0.25) is 0 Å². The van der Waals surface area contributed by atoms with Crippen molar-refractivity contribution >= 4 is 0 Å². The molecule has 0 amide bonds. The van der Waals surface area contributed by atoms with Gasteiger partial charge >= 0.3 is 0 Å². The zero-order valence-corrected chi connectivity index (χ0v) is 12.4. The molecule has 1 aromatic heterocycles. The Morgan fingerprint density at radius 3 is 2.86 bits per heavy atom. The summed E-state index contributed by atoms with van der Waals surface area (Å²) in [5.41, 5.74) is 1.16. The van der Waals surface area contributed by atoms with Crippen LogP contribution in [0.3, 0.4) is 0 Å². The van der Waals surface area contributed by atoms with Gasteiger partial charge < -0.3 is 19.4 Å². The van der Waals surface area contributed by atoms with Crippen molar-refractivity contribution < 1.29 is 9.47 Å². The Labute approximate surface area is 124 Å². The molecule has 0 radical (unpaired) electrons. The van der Waals surface area contributed by atoms with Crippen LogP contribution in [-0.2, 0) is 13.6 Å². The molecule has 1 N–H and O–H groups in total. The predicted molar refractivity (Wildman–Crippen MR) is 78.3 cm³/mol. The summed E-state index contributed by atoms with van der Waals surface area (Å²) < 4.78 is 13.3. The number of benzene rings is 1. The van der Waals surface area contributed by atoms with Crippen LogP contribution in [0.5, 0.6) is 11.5 Å². The molecular weight excluding hydrogens is 268 g/mol. The summed E-state index contributed by atoms with van der Waals surface area (Å²) in [5, 5.41) is 11.5. The van der Waals surface area contributed by atoms with Crippen molar-refractivity contribution in [1.82, 2.24) is 20.1 Å². The third-order valence-electron chi connectivity index (χ3n) is 3.56. The van der Waals surface area contributed by atoms with Gasteiger partial charge in [-0.25, -0.2) is 0 Å². The van der Waals surface area contributed by atoms with Crippen LogP contribution >= 0.6 is 0 Å². The van der Waals surface area contributed by atoms with E-state index in [4.69, 9.17) is 9.47 Å². The number of hydrogen-bond donors (Lipinski definition) is 1. The third-order valence-corrected chi connectivity index (χ3v) is 3.56. The van der Waals surface area contributed by atoms with Crippen LogP contribution in [0.1, 0.15) is 30.8 Å². The van der Waals surface area contributed by atoms with E-state index in [9.17, 15) is 0 Å². The molecule has 1 atom stereocenters. The predicted octanol–water partition coefficient (Wildman–Crippen LogP) is 1.83. The van der Waals surface area contributed by atoms with Crippen molar-refractivity contribution in [2.45, 2.75) is 25.9 Å². The molecule has 0 aliphatic carbocycles. The zero-order valence-electron chi connectivity index (χ0n) is 12.4. The second-order valence-corrected chi connectivity index (χ2v) is 5.23. The summed E-state index contributed by atoms with van der Waals surface area (Å²) in [4.78, 5) is 0. The van der Waals surface area contributed by atoms with E-state index in [2.05, 4.69) is 28.5 Å². The van der Waals surface area contributed by atoms with Crippen molar-refractivity contribution in [2.24, 2.45) is 7.05 Å². The fourth-order valence-electron chi connectivity index (χ4n) is 2.36. The lowest BCUT2D eigenvalue weighted by Gasteiger charge is -2.14. The van der Waals surface area contributed by atoms with Gasteiger partial charge in [0.05, 0.1) is 19.3 Å². The molecule has 0 fully saturated rings. The summed E-state index contributed by atoms with van der Waals surface area (Å²) in [6, 6.07) is 6.21. The monoisotopic (exact) mass is 288 g/mol. The molecule has 1 unspecified atom stereocenters. The maximum Gasteiger partial charge on any atom is 0.161 e. The highest BCUT2D eigenvalue weighted by Gasteiger charge is 2.13. The molecule has 112 valence electrons. The summed E-state index contributed by atoms with van der Waals surface area (Å²) in [7, 11) is 1.95. The van der Waals surface area contributed by atoms with Crippen LogP contribution in [0.25, 0.3) is 0 Å². The zero-order chi connectivity index (χ0) is 14.7. The Morgan fingerprint density at radius 1 is 1.29 bits per heavy atom. The van der Waals surface area contributed by atoms with Gasteiger partial charge in [0.25, 0.3) is 0 Å². The van der Waals surface area contributed by atoms with Crippen LogP contribution in [0.4, 0.5) is 0 Å². The topological polar surface area (TPSA) is 61.2 Å². The molecular formula is C15H20N4O2. The van der Waals surface area contributed by atoms with Crippen molar-refractivity contribution in [1.29, 1.82) is 0 Å². The first-order chi connectivity index (χ1) is 10.2. The van der Waals surface area contributed by atoms with Crippen LogP contribution in [0.15, 0.2) is 24.5 Å². The highest BCUT2D eigenvalue weighted by Crippen LogP contribution is 2.30. The van der Waals surface area contributed by atoms with Crippen molar-refractivity contribution in [3.63, 3.8) is 0 Å². The number of rotatable bonds is 4. The molecule has 3 rings (SSSR count). The molecule has 0 bridgehead atoms. The van der Waals surface area contributed by atoms with Gasteiger partial charge in [0, 0.05) is 20.0 Å². The largest absolute Gasteiger partial charge is 0.490 e. The van der Waals surface area contributed by atoms with Gasteiger partial charge in [-0.1, -0.05) is 6.07 Å². The van der Waals surface area contributed by atoms with E-state index < -0.39 is 0 Å². The maximum absolute atomic E-state index is 5.71. The first kappa shape index (κ1) is 13.9. The van der Waals surface area contributed by atoms with Gasteiger partial charge in [-0.2, -0.15) is 0 Å². The Hall–Kier alpha value is -2.08. The lowest BCUT2D eigenvalue weighted by atomic mass is 10.2. The minimum Gasteiger partial charge on any atom is -0.490 e. The lowest BCUT2D eigenvalue weighted by molar-refractivity contribution is 0.297. The number of hydrogen-bond acceptors (Lipinski definition) is 5. The maximum atomic E-state index is 5.71. The average molecular weight is 288 g/mol. The lowest BCUT2D eigenvalue weighted by Crippen LogP contribution is -2.21. The van der Waals surface area contributed by atoms with E-state index in [0.29, 0.717) is 13.2 Å². The van der Waals surface area contributed by atoms with Crippen LogP contribution in [0, 0.1) is 0 Å². The Bertz CT molecular complexity index is 611. The van der Waals surface area contributed by atoms with Crippen molar-refractivity contribution in [2.75, 3.05) is 13.2 Å². The number of ether oxygens (including phenoxy) is 2. The summed E-state index contributed by atoms with van der Waals surface area (Å²) >= 11 is 0. The molecule has 0 saturated heterocycles. The van der Waals surface area contributed by atoms with Crippen molar-refractivity contribution in [3.8, 4) is 11.5 Å². The van der Waals surface area contributed by atoms with E-state index >= 15 is 0 Å². The smallest absolute Gasteiger partial charge is 0.161 e. The van der Waals surface area contributed by atoms with E-state index in [1.54, 1.807) is 6.33 Å². The Balaban J connectivity index is 1.65. The highest BCUT2D eigenvalue weighted by atomic mass is 16.5. The van der Waals surface area contributed by atoms with E-state index in [1.807, 2.05) is 23.7 Å². The fourth-order valence-corrected chi connectivity index (χ4v) is 2.36. The second-order valence-electron chi connectivity index (χ2n) is 5.23. The molecule has 21 heavy (non-hydrogen) atoms. The van der Waals surface area contributed by atoms with Gasteiger partial charge in [0.1, 0.15) is 12.2 Å². The van der Waals surface area contributed by atoms with Crippen LogP contribution < -0.4 is 14.8 Å². The summed E-state index contributed by atoms with van der Waals surface area (Å²) in [6.07, 6.45) is 2.63. The van der Waals surface area contributed by atoms with Crippen LogP contribution in [-0.4, -0.2) is 28.0 Å². The molecule has 2 aromatic rings. The summed E-state index contributed by atoms with van der Waals surface area (Å²) in [5.74, 6) is 2.58. The minimum absolute atomic E-state index is 0.133. The van der Waals surface area contributed by atoms with Gasteiger partial charge in [0.2, 0.25) is 0 Å². The molecule has 2 heterocycles. The first-order valence-electron chi connectivity index (χ1n) is 7.20. The fraction of sp³-hybridized carbons (Fsp3) is 0.467. The number of nitrogens with zero attached hydrogens (tertiary/aromatic N) is 3. The first-order valence-corrected chi connectivity index (χ1v) is 7.20.